The van der Waals surface area contributed by atoms with Crippen LogP contribution in [0.25, 0.3) is 0 Å². The first-order valence-electron chi connectivity index (χ1n) is 3.15. The average Bonchev–Trinajstić information content (AvgIpc) is 2.09. The number of hydrogen-bond acceptors (Lipinski definition) is 3. The number of rotatable bonds is 1. The van der Waals surface area contributed by atoms with E-state index in [-0.39, 0.29) is 29.6 Å². The molecule has 0 atom stereocenters. The molecule has 0 saturated heterocycles. The van der Waals surface area contributed by atoms with E-state index in [2.05, 4.69) is 0 Å². The molecule has 0 N–H and O–H groups in total. The molecule has 0 bridgehead atoms. The van der Waals surface area contributed by atoms with Gasteiger partial charge in [0.25, 0.3) is 0 Å². The molecule has 0 aliphatic rings. The summed E-state index contributed by atoms with van der Waals surface area (Å²) in [6.45, 7) is 0. The molecule has 3 nitrogen and oxygen atoms in total. The van der Waals surface area contributed by atoms with Crippen LogP contribution in [0.4, 0.5) is 22.0 Å². The van der Waals surface area contributed by atoms with Crippen molar-refractivity contribution in [1.29, 1.82) is 0 Å². The van der Waals surface area contributed by atoms with Gasteiger partial charge in [-0.25, -0.2) is 30.4 Å². The molecular weight excluding hydrogens is 270 g/mol. The van der Waals surface area contributed by atoms with E-state index in [0.717, 1.165) is 0 Å². The minimum atomic E-state index is -5.77. The Kier molecular flexibility index (Phi) is 4.89. The summed E-state index contributed by atoms with van der Waals surface area (Å²) in [6, 6.07) is 0. The van der Waals surface area contributed by atoms with Gasteiger partial charge in [-0.05, 0) is 0 Å². The fourth-order valence-electron chi connectivity index (χ4n) is 0.804. The van der Waals surface area contributed by atoms with Gasteiger partial charge in [0.15, 0.2) is 23.3 Å². The molecule has 0 aliphatic heterocycles. The third-order valence-corrected chi connectivity index (χ3v) is 2.28. The third kappa shape index (κ3) is 2.54. The SMILES string of the molecule is O=S(=O)([O-])c1c(F)c(F)c(F)c(F)c1F.[Na+]. The summed E-state index contributed by atoms with van der Waals surface area (Å²) in [7, 11) is -5.77. The molecular formula is C6F5NaO3S. The first kappa shape index (κ1) is 15.8. The molecule has 0 unspecified atom stereocenters. The summed E-state index contributed by atoms with van der Waals surface area (Å²) in [4.78, 5) is -2.38. The van der Waals surface area contributed by atoms with E-state index < -0.39 is 44.1 Å². The van der Waals surface area contributed by atoms with Crippen LogP contribution in [0.1, 0.15) is 0 Å². The summed E-state index contributed by atoms with van der Waals surface area (Å²) in [5.41, 5.74) is 0. The van der Waals surface area contributed by atoms with Crippen molar-refractivity contribution in [3.05, 3.63) is 29.1 Å². The van der Waals surface area contributed by atoms with Crippen LogP contribution < -0.4 is 29.6 Å². The Morgan fingerprint density at radius 1 is 0.750 bits per heavy atom. The maximum atomic E-state index is 12.6. The van der Waals surface area contributed by atoms with E-state index in [9.17, 15) is 34.9 Å². The van der Waals surface area contributed by atoms with Crippen LogP contribution >= 0.6 is 0 Å². The van der Waals surface area contributed by atoms with E-state index >= 15 is 0 Å². The summed E-state index contributed by atoms with van der Waals surface area (Å²) >= 11 is 0. The van der Waals surface area contributed by atoms with Gasteiger partial charge in [0.1, 0.15) is 15.0 Å². The number of benzene rings is 1. The molecule has 0 heterocycles. The molecule has 16 heavy (non-hydrogen) atoms. The van der Waals surface area contributed by atoms with Crippen molar-refractivity contribution in [3.63, 3.8) is 0 Å². The van der Waals surface area contributed by atoms with Gasteiger partial charge in [-0.2, -0.15) is 0 Å². The van der Waals surface area contributed by atoms with Crippen LogP contribution in [0.15, 0.2) is 4.90 Å². The Balaban J connectivity index is 0.00000225. The van der Waals surface area contributed by atoms with Gasteiger partial charge >= 0.3 is 29.6 Å². The van der Waals surface area contributed by atoms with Gasteiger partial charge in [0, 0.05) is 0 Å². The summed E-state index contributed by atoms with van der Waals surface area (Å²) in [6.07, 6.45) is 0. The predicted octanol–water partition coefficient (Wildman–Crippen LogP) is -1.71. The molecule has 0 radical (unpaired) electrons. The quantitative estimate of drug-likeness (QED) is 0.201. The number of hydrogen-bond donors (Lipinski definition) is 0. The summed E-state index contributed by atoms with van der Waals surface area (Å²) in [5.74, 6) is -12.8. The average molecular weight is 270 g/mol. The zero-order chi connectivity index (χ0) is 12.0. The van der Waals surface area contributed by atoms with Crippen LogP contribution in [-0.2, 0) is 10.1 Å². The predicted molar refractivity (Wildman–Crippen MR) is 34.2 cm³/mol. The largest absolute Gasteiger partial charge is 1.00 e. The zero-order valence-electron chi connectivity index (χ0n) is 7.52. The molecule has 0 fully saturated rings. The Bertz CT molecular complexity index is 500. The molecule has 0 spiro atoms. The van der Waals surface area contributed by atoms with Crippen molar-refractivity contribution in [1.82, 2.24) is 0 Å². The van der Waals surface area contributed by atoms with Crippen molar-refractivity contribution >= 4 is 10.1 Å². The van der Waals surface area contributed by atoms with Crippen molar-refractivity contribution in [2.75, 3.05) is 0 Å². The maximum absolute atomic E-state index is 12.6. The van der Waals surface area contributed by atoms with Crippen LogP contribution in [0.5, 0.6) is 0 Å². The molecule has 1 aromatic rings. The molecule has 1 aromatic carbocycles. The molecule has 1 rings (SSSR count). The minimum Gasteiger partial charge on any atom is -0.744 e. The third-order valence-electron chi connectivity index (χ3n) is 1.42. The summed E-state index contributed by atoms with van der Waals surface area (Å²) < 4.78 is 92.9. The zero-order valence-corrected chi connectivity index (χ0v) is 10.3. The van der Waals surface area contributed by atoms with Gasteiger partial charge in [0.2, 0.25) is 5.82 Å². The van der Waals surface area contributed by atoms with Crippen LogP contribution in [0, 0.1) is 29.1 Å². The van der Waals surface area contributed by atoms with Crippen molar-refractivity contribution in [2.24, 2.45) is 0 Å². The molecule has 0 aromatic heterocycles. The van der Waals surface area contributed by atoms with Crippen molar-refractivity contribution < 1.29 is 64.5 Å². The Hall–Kier alpha value is -0.220. The Labute approximate surface area is 108 Å². The van der Waals surface area contributed by atoms with Crippen LogP contribution in [0.2, 0.25) is 0 Å². The van der Waals surface area contributed by atoms with Gasteiger partial charge in [-0.3, -0.25) is 0 Å². The van der Waals surface area contributed by atoms with E-state index in [1.165, 1.54) is 0 Å². The number of halogens is 5. The van der Waals surface area contributed by atoms with E-state index in [4.69, 9.17) is 0 Å². The second kappa shape index (κ2) is 4.96. The van der Waals surface area contributed by atoms with E-state index in [1.807, 2.05) is 0 Å². The fraction of sp³-hybridized carbons (Fsp3) is 0. The second-order valence-electron chi connectivity index (χ2n) is 2.35. The topological polar surface area (TPSA) is 57.2 Å². The van der Waals surface area contributed by atoms with Gasteiger partial charge in [0.05, 0.1) is 0 Å². The van der Waals surface area contributed by atoms with Gasteiger partial charge in [-0.1, -0.05) is 0 Å². The smallest absolute Gasteiger partial charge is 0.744 e. The monoisotopic (exact) mass is 270 g/mol. The van der Waals surface area contributed by atoms with Gasteiger partial charge in [-0.15, -0.1) is 0 Å². The molecule has 0 saturated carbocycles. The normalized spacial score (nSPS) is 11.1. The minimum absolute atomic E-state index is 0. The second-order valence-corrected chi connectivity index (χ2v) is 3.67. The molecule has 0 aliphatic carbocycles. The van der Waals surface area contributed by atoms with E-state index in [1.54, 1.807) is 0 Å². The van der Waals surface area contributed by atoms with Crippen molar-refractivity contribution in [2.45, 2.75) is 4.90 Å². The Morgan fingerprint density at radius 2 is 1.00 bits per heavy atom. The van der Waals surface area contributed by atoms with Crippen molar-refractivity contribution in [3.8, 4) is 0 Å². The Morgan fingerprint density at radius 3 is 1.25 bits per heavy atom. The molecule has 0 amide bonds. The molecule has 84 valence electrons. The summed E-state index contributed by atoms with van der Waals surface area (Å²) in [5, 5.41) is 0. The standard InChI is InChI=1S/C6HF5O3S.Na/c7-1-2(8)4(10)6(15(12,13)14)5(11)3(1)9;/h(H,12,13,14);/q;+1/p-1. The van der Waals surface area contributed by atoms with Gasteiger partial charge < -0.3 is 4.55 Å². The van der Waals surface area contributed by atoms with E-state index in [0.29, 0.717) is 0 Å². The first-order valence-corrected chi connectivity index (χ1v) is 4.56. The molecule has 10 heteroatoms. The van der Waals surface area contributed by atoms with Crippen LogP contribution in [0.3, 0.4) is 0 Å². The first-order chi connectivity index (χ1) is 6.68. The fourth-order valence-corrected chi connectivity index (χ4v) is 1.42. The van der Waals surface area contributed by atoms with Crippen LogP contribution in [-0.4, -0.2) is 13.0 Å². The maximum Gasteiger partial charge on any atom is 1.00 e.